The van der Waals surface area contributed by atoms with Gasteiger partial charge >= 0.3 is 5.97 Å². The smallest absolute Gasteiger partial charge is 0.323 e. The molecule has 0 spiro atoms. The first-order valence-corrected chi connectivity index (χ1v) is 16.3. The Hall–Kier alpha value is -4.46. The van der Waals surface area contributed by atoms with Gasteiger partial charge in [0.05, 0.1) is 4.91 Å². The van der Waals surface area contributed by atoms with Crippen LogP contribution in [0.15, 0.2) is 108 Å². The van der Waals surface area contributed by atoms with Crippen LogP contribution in [0.25, 0.3) is 17.7 Å². The Morgan fingerprint density at radius 1 is 0.911 bits per heavy atom. The van der Waals surface area contributed by atoms with Crippen LogP contribution in [0.1, 0.15) is 53.0 Å². The molecule has 226 valence electrons. The minimum atomic E-state index is -0.971. The van der Waals surface area contributed by atoms with Crippen LogP contribution < -0.4 is 4.90 Å². The SMILES string of the molecule is CN(CC(=O)O)C(=S)S/C(C=O)=C\c1ccc2c(c1)C1CCCC1N2c1ccc(C=C(c2ccccc2)c2ccccc2)cc1. The van der Waals surface area contributed by atoms with Crippen molar-refractivity contribution in [3.63, 3.8) is 0 Å². The van der Waals surface area contributed by atoms with E-state index in [1.54, 1.807) is 7.05 Å². The van der Waals surface area contributed by atoms with Gasteiger partial charge in [-0.1, -0.05) is 109 Å². The van der Waals surface area contributed by atoms with Crippen LogP contribution in [0.4, 0.5) is 11.4 Å². The predicted molar refractivity (Wildman–Crippen MR) is 190 cm³/mol. The van der Waals surface area contributed by atoms with Crippen LogP contribution in [-0.2, 0) is 9.59 Å². The van der Waals surface area contributed by atoms with Crippen molar-refractivity contribution < 1.29 is 14.7 Å². The number of anilines is 2. The number of allylic oxidation sites excluding steroid dienone is 1. The summed E-state index contributed by atoms with van der Waals surface area (Å²) in [6.07, 6.45) is 8.33. The normalized spacial score (nSPS) is 16.9. The van der Waals surface area contributed by atoms with Crippen LogP contribution in [-0.4, -0.2) is 46.2 Å². The van der Waals surface area contributed by atoms with Crippen LogP contribution in [0.3, 0.4) is 0 Å². The Kier molecular flexibility index (Phi) is 9.29. The third-order valence-corrected chi connectivity index (χ3v) is 9.99. The number of carbonyl (C=O) groups is 2. The molecule has 2 aliphatic rings. The Labute approximate surface area is 273 Å². The Balaban J connectivity index is 1.27. The third-order valence-electron chi connectivity index (χ3n) is 8.49. The molecular weight excluding hydrogens is 597 g/mol. The van der Waals surface area contributed by atoms with E-state index in [0.29, 0.717) is 21.2 Å². The maximum absolute atomic E-state index is 11.9. The molecule has 1 fully saturated rings. The largest absolute Gasteiger partial charge is 0.480 e. The Morgan fingerprint density at radius 2 is 1.56 bits per heavy atom. The molecule has 1 saturated carbocycles. The number of thioether (sulfide) groups is 1. The number of aldehydes is 1. The molecular formula is C38H34N2O3S2. The number of carboxylic acids is 1. The van der Waals surface area contributed by atoms with E-state index in [4.69, 9.17) is 17.3 Å². The number of rotatable bonds is 9. The quantitative estimate of drug-likeness (QED) is 0.0860. The van der Waals surface area contributed by atoms with Crippen molar-refractivity contribution in [3.05, 3.63) is 136 Å². The average Bonchev–Trinajstić information content (AvgIpc) is 3.65. The van der Waals surface area contributed by atoms with E-state index in [0.717, 1.165) is 42.0 Å². The summed E-state index contributed by atoms with van der Waals surface area (Å²) in [7, 11) is 1.62. The van der Waals surface area contributed by atoms with Crippen molar-refractivity contribution in [3.8, 4) is 0 Å². The number of hydrogen-bond donors (Lipinski definition) is 1. The molecule has 0 bridgehead atoms. The highest BCUT2D eigenvalue weighted by Crippen LogP contribution is 2.52. The van der Waals surface area contributed by atoms with Gasteiger partial charge in [0.2, 0.25) is 0 Å². The number of carbonyl (C=O) groups excluding carboxylic acids is 1. The number of carboxylic acid groups (broad SMARTS) is 1. The van der Waals surface area contributed by atoms with Crippen LogP contribution in [0.2, 0.25) is 0 Å². The summed E-state index contributed by atoms with van der Waals surface area (Å²) in [5, 5.41) is 9.06. The van der Waals surface area contributed by atoms with Gasteiger partial charge in [-0.05, 0) is 82.6 Å². The van der Waals surface area contributed by atoms with E-state index >= 15 is 0 Å². The number of thiocarbonyl (C=S) groups is 1. The molecule has 45 heavy (non-hydrogen) atoms. The zero-order valence-corrected chi connectivity index (χ0v) is 26.6. The summed E-state index contributed by atoms with van der Waals surface area (Å²) in [6, 6.07) is 36.7. The van der Waals surface area contributed by atoms with Gasteiger partial charge in [0.15, 0.2) is 6.29 Å². The van der Waals surface area contributed by atoms with E-state index < -0.39 is 5.97 Å². The van der Waals surface area contributed by atoms with Gasteiger partial charge in [0.25, 0.3) is 0 Å². The summed E-state index contributed by atoms with van der Waals surface area (Å²) in [5.41, 5.74) is 9.36. The number of nitrogens with zero attached hydrogens (tertiary/aromatic N) is 2. The Morgan fingerprint density at radius 3 is 2.18 bits per heavy atom. The molecule has 0 radical (unpaired) electrons. The molecule has 4 aromatic carbocycles. The standard InChI is InChI=1S/C38H34N2O3S2/c1-39(24-37(42)43)38(44)45-31(25-41)21-27-17-20-36-34(23-27)32-13-8-14-35(32)40(36)30-18-15-26(16-19-30)22-33(28-9-4-2-5-10-28)29-11-6-3-7-12-29/h2-7,9-12,15-23,25,32,35H,8,13-14,24H2,1H3,(H,42,43)/b31-21-. The summed E-state index contributed by atoms with van der Waals surface area (Å²) in [4.78, 5) is 27.4. The summed E-state index contributed by atoms with van der Waals surface area (Å²) >= 11 is 6.48. The highest BCUT2D eigenvalue weighted by Gasteiger charge is 2.42. The van der Waals surface area contributed by atoms with Crippen molar-refractivity contribution in [2.75, 3.05) is 18.5 Å². The van der Waals surface area contributed by atoms with Gasteiger partial charge in [-0.15, -0.1) is 0 Å². The molecule has 1 aliphatic carbocycles. The molecule has 2 atom stereocenters. The van der Waals surface area contributed by atoms with E-state index in [1.165, 1.54) is 45.0 Å². The second-order valence-corrected chi connectivity index (χ2v) is 13.2. The zero-order valence-electron chi connectivity index (χ0n) is 25.0. The van der Waals surface area contributed by atoms with Gasteiger partial charge in [0, 0.05) is 30.4 Å². The molecule has 4 aromatic rings. The first-order chi connectivity index (χ1) is 21.9. The fraction of sp³-hybridized carbons (Fsp3) is 0.184. The zero-order chi connectivity index (χ0) is 31.3. The molecule has 0 amide bonds. The summed E-state index contributed by atoms with van der Waals surface area (Å²) in [5.74, 6) is -0.535. The fourth-order valence-corrected chi connectivity index (χ4v) is 7.48. The Bertz CT molecular complexity index is 1730. The van der Waals surface area contributed by atoms with Gasteiger partial charge in [-0.3, -0.25) is 9.59 Å². The average molecular weight is 631 g/mol. The molecule has 1 aliphatic heterocycles. The number of likely N-dealkylation sites (N-methyl/N-ethyl adjacent to an activating group) is 1. The lowest BCUT2D eigenvalue weighted by atomic mass is 9.95. The van der Waals surface area contributed by atoms with Gasteiger partial charge in [-0.25, -0.2) is 0 Å². The maximum atomic E-state index is 11.9. The second-order valence-electron chi connectivity index (χ2n) is 11.5. The molecule has 1 N–H and O–H groups in total. The van der Waals surface area contributed by atoms with Crippen LogP contribution in [0, 0.1) is 0 Å². The van der Waals surface area contributed by atoms with Crippen LogP contribution >= 0.6 is 24.0 Å². The minimum absolute atomic E-state index is 0.214. The van der Waals surface area contributed by atoms with Gasteiger partial charge in [0.1, 0.15) is 10.9 Å². The predicted octanol–water partition coefficient (Wildman–Crippen LogP) is 8.64. The highest BCUT2D eigenvalue weighted by atomic mass is 32.2. The highest BCUT2D eigenvalue weighted by molar-refractivity contribution is 8.26. The van der Waals surface area contributed by atoms with E-state index in [-0.39, 0.29) is 6.54 Å². The summed E-state index contributed by atoms with van der Waals surface area (Å²) in [6.45, 7) is -0.214. The molecule has 6 rings (SSSR count). The molecule has 2 unspecified atom stereocenters. The topological polar surface area (TPSA) is 60.9 Å². The van der Waals surface area contributed by atoms with Gasteiger partial charge < -0.3 is 14.9 Å². The van der Waals surface area contributed by atoms with Crippen molar-refractivity contribution >= 4 is 69.7 Å². The van der Waals surface area contributed by atoms with E-state index in [9.17, 15) is 9.59 Å². The monoisotopic (exact) mass is 630 g/mol. The van der Waals surface area contributed by atoms with Crippen molar-refractivity contribution in [2.45, 2.75) is 31.2 Å². The lowest BCUT2D eigenvalue weighted by molar-refractivity contribution is -0.137. The minimum Gasteiger partial charge on any atom is -0.480 e. The van der Waals surface area contributed by atoms with Crippen molar-refractivity contribution in [1.29, 1.82) is 0 Å². The van der Waals surface area contributed by atoms with E-state index in [2.05, 4.69) is 95.9 Å². The van der Waals surface area contributed by atoms with Crippen LogP contribution in [0.5, 0.6) is 0 Å². The van der Waals surface area contributed by atoms with Crippen molar-refractivity contribution in [2.24, 2.45) is 0 Å². The lowest BCUT2D eigenvalue weighted by Gasteiger charge is -2.27. The summed E-state index contributed by atoms with van der Waals surface area (Å²) < 4.78 is 0.344. The molecule has 0 aromatic heterocycles. The number of benzene rings is 4. The molecule has 5 nitrogen and oxygen atoms in total. The first-order valence-electron chi connectivity index (χ1n) is 15.1. The number of aliphatic carboxylic acids is 1. The van der Waals surface area contributed by atoms with Crippen molar-refractivity contribution in [1.82, 2.24) is 4.90 Å². The number of fused-ring (bicyclic) bond motifs is 3. The van der Waals surface area contributed by atoms with Gasteiger partial charge in [-0.2, -0.15) is 0 Å². The molecule has 0 saturated heterocycles. The first kappa shape index (κ1) is 30.6. The molecule has 1 heterocycles. The fourth-order valence-electron chi connectivity index (χ4n) is 6.47. The second kappa shape index (κ2) is 13.7. The lowest BCUT2D eigenvalue weighted by Crippen LogP contribution is -2.28. The maximum Gasteiger partial charge on any atom is 0.323 e. The molecule has 7 heteroatoms. The third kappa shape index (κ3) is 6.80. The number of hydrogen-bond acceptors (Lipinski definition) is 5. The van der Waals surface area contributed by atoms with E-state index in [1.807, 2.05) is 24.3 Å².